The summed E-state index contributed by atoms with van der Waals surface area (Å²) in [5.74, 6) is -0.850. The highest BCUT2D eigenvalue weighted by Crippen LogP contribution is 2.43. The third-order valence-corrected chi connectivity index (χ3v) is 10.7. The lowest BCUT2D eigenvalue weighted by Gasteiger charge is -2.20. The number of ether oxygens (including phenoxy) is 2. The molecule has 0 bridgehead atoms. The topological polar surface area (TPSA) is 112 Å². The van der Waals surface area contributed by atoms with Gasteiger partial charge in [-0.2, -0.15) is 0 Å². The fraction of sp³-hybridized carbons (Fsp3) is 0.686. The number of hydrogen-bond acceptors (Lipinski definition) is 8. The van der Waals surface area contributed by atoms with Crippen molar-refractivity contribution in [1.82, 2.24) is 4.90 Å². The van der Waals surface area contributed by atoms with Crippen LogP contribution in [-0.4, -0.2) is 68.3 Å². The highest BCUT2D eigenvalue weighted by molar-refractivity contribution is 7.47. The van der Waals surface area contributed by atoms with E-state index in [9.17, 15) is 19.0 Å². The monoisotopic (exact) mass is 874 g/mol. The lowest BCUT2D eigenvalue weighted by atomic mass is 10.1. The first-order chi connectivity index (χ1) is 29.7. The summed E-state index contributed by atoms with van der Waals surface area (Å²) in [6, 6.07) is 0. The molecule has 0 aromatic heterocycles. The van der Waals surface area contributed by atoms with E-state index in [1.54, 1.807) is 0 Å². The van der Waals surface area contributed by atoms with Gasteiger partial charge in [0.1, 0.15) is 6.61 Å². The van der Waals surface area contributed by atoms with E-state index in [1.807, 2.05) is 19.0 Å². The molecule has 350 valence electrons. The number of unbranched alkanes of at least 4 members (excludes halogenated alkanes) is 15. The lowest BCUT2D eigenvalue weighted by molar-refractivity contribution is -0.161. The Morgan fingerprint density at radius 3 is 1.41 bits per heavy atom. The number of carbonyl (C=O) groups is 2. The van der Waals surface area contributed by atoms with E-state index in [1.165, 1.54) is 57.8 Å². The second kappa shape index (κ2) is 45.2. The molecule has 0 aromatic carbocycles. The van der Waals surface area contributed by atoms with Gasteiger partial charge in [-0.1, -0.05) is 163 Å². The third kappa shape index (κ3) is 46.5. The zero-order chi connectivity index (χ0) is 44.8. The van der Waals surface area contributed by atoms with Crippen molar-refractivity contribution in [1.29, 1.82) is 0 Å². The summed E-state index contributed by atoms with van der Waals surface area (Å²) in [6.07, 6.45) is 56.3. The molecule has 10 heteroatoms. The van der Waals surface area contributed by atoms with Gasteiger partial charge in [-0.25, -0.2) is 4.57 Å². The molecule has 61 heavy (non-hydrogen) atoms. The molecule has 0 saturated heterocycles. The molecule has 0 rings (SSSR count). The third-order valence-electron chi connectivity index (χ3n) is 9.69. The van der Waals surface area contributed by atoms with Crippen LogP contribution in [0, 0.1) is 0 Å². The molecule has 0 saturated carbocycles. The highest BCUT2D eigenvalue weighted by atomic mass is 31.2. The molecule has 9 nitrogen and oxygen atoms in total. The Kier molecular flexibility index (Phi) is 43.1. The van der Waals surface area contributed by atoms with E-state index in [-0.39, 0.29) is 32.0 Å². The van der Waals surface area contributed by atoms with Crippen molar-refractivity contribution in [3.05, 3.63) is 85.1 Å². The van der Waals surface area contributed by atoms with E-state index in [0.29, 0.717) is 13.0 Å². The van der Waals surface area contributed by atoms with Crippen LogP contribution in [0.2, 0.25) is 0 Å². The first-order valence-corrected chi connectivity index (χ1v) is 25.4. The molecule has 0 amide bonds. The minimum absolute atomic E-state index is 0.00455. The first kappa shape index (κ1) is 58.2. The summed E-state index contributed by atoms with van der Waals surface area (Å²) < 4.78 is 33.5. The van der Waals surface area contributed by atoms with Crippen molar-refractivity contribution in [2.45, 2.75) is 187 Å². The van der Waals surface area contributed by atoms with E-state index in [0.717, 1.165) is 89.9 Å². The van der Waals surface area contributed by atoms with Crippen LogP contribution in [0.4, 0.5) is 0 Å². The van der Waals surface area contributed by atoms with Gasteiger partial charge in [-0.3, -0.25) is 18.6 Å². The van der Waals surface area contributed by atoms with E-state index in [2.05, 4.69) is 98.9 Å². The molecule has 2 atom stereocenters. The summed E-state index contributed by atoms with van der Waals surface area (Å²) in [5, 5.41) is 0. The molecule has 0 aliphatic rings. The quantitative estimate of drug-likeness (QED) is 0.0277. The average molecular weight is 874 g/mol. The molecule has 0 radical (unpaired) electrons. The number of likely N-dealkylation sites (N-methyl/N-ethyl adjacent to an activating group) is 1. The Morgan fingerprint density at radius 1 is 0.525 bits per heavy atom. The summed E-state index contributed by atoms with van der Waals surface area (Å²) in [4.78, 5) is 37.1. The maximum Gasteiger partial charge on any atom is 0.472 e. The Bertz CT molecular complexity index is 1280. The predicted octanol–water partition coefficient (Wildman–Crippen LogP) is 14.2. The maximum atomic E-state index is 12.7. The normalized spacial score (nSPS) is 14.1. The van der Waals surface area contributed by atoms with Crippen molar-refractivity contribution >= 4 is 19.8 Å². The smallest absolute Gasteiger partial charge is 0.462 e. The van der Waals surface area contributed by atoms with Crippen LogP contribution in [0.1, 0.15) is 181 Å². The first-order valence-electron chi connectivity index (χ1n) is 23.9. The van der Waals surface area contributed by atoms with Crippen LogP contribution in [0.3, 0.4) is 0 Å². The fourth-order valence-corrected chi connectivity index (χ4v) is 6.78. The van der Waals surface area contributed by atoms with Gasteiger partial charge in [0.15, 0.2) is 6.10 Å². The van der Waals surface area contributed by atoms with Crippen LogP contribution in [0.25, 0.3) is 0 Å². The van der Waals surface area contributed by atoms with Gasteiger partial charge in [0, 0.05) is 19.4 Å². The van der Waals surface area contributed by atoms with Crippen molar-refractivity contribution in [3.63, 3.8) is 0 Å². The minimum Gasteiger partial charge on any atom is -0.462 e. The van der Waals surface area contributed by atoms with Crippen LogP contribution >= 0.6 is 7.82 Å². The van der Waals surface area contributed by atoms with Crippen molar-refractivity contribution in [2.24, 2.45) is 0 Å². The number of nitrogens with zero attached hydrogens (tertiary/aromatic N) is 1. The number of rotatable bonds is 43. The molecule has 2 unspecified atom stereocenters. The van der Waals surface area contributed by atoms with Crippen molar-refractivity contribution in [3.8, 4) is 0 Å². The summed E-state index contributed by atoms with van der Waals surface area (Å²) in [5.41, 5.74) is 0. The Labute approximate surface area is 373 Å². The van der Waals surface area contributed by atoms with Gasteiger partial charge in [-0.15, -0.1) is 0 Å². The molecular weight excluding hydrogens is 786 g/mol. The second-order valence-electron chi connectivity index (χ2n) is 15.9. The Hall–Kier alpha value is -2.81. The number of phosphoric acid groups is 1. The van der Waals surface area contributed by atoms with Gasteiger partial charge in [-0.05, 0) is 104 Å². The largest absolute Gasteiger partial charge is 0.472 e. The number of hydrogen-bond donors (Lipinski definition) is 1. The average Bonchev–Trinajstić information content (AvgIpc) is 3.23. The minimum atomic E-state index is -4.38. The van der Waals surface area contributed by atoms with Crippen LogP contribution in [-0.2, 0) is 32.7 Å². The fourth-order valence-electron chi connectivity index (χ4n) is 6.04. The van der Waals surface area contributed by atoms with Gasteiger partial charge in [0.25, 0.3) is 0 Å². The standard InChI is InChI=1S/C51H88NO8P/c1-5-7-9-11-13-15-17-19-21-23-25-27-29-31-33-35-37-39-41-43-50(53)57-47-49(48-59-61(55,56)58-46-45-52(3)4)60-51(54)44-42-40-38-36-34-32-30-28-26-24-22-20-18-16-14-12-10-8-6-2/h8,10,13-16,19-22,26,28,32,34,49H,5-7,9,11-12,17-18,23-25,27,29-31,33,35-48H2,1-4H3,(H,55,56)/b10-8-,15-13-,16-14-,21-19-,22-20-,28-26-,34-32-. The molecule has 0 aliphatic heterocycles. The number of carbonyl (C=O) groups excluding carboxylic acids is 2. The summed E-state index contributed by atoms with van der Waals surface area (Å²) in [7, 11) is -0.743. The van der Waals surface area contributed by atoms with E-state index < -0.39 is 26.5 Å². The van der Waals surface area contributed by atoms with Crippen LogP contribution in [0.5, 0.6) is 0 Å². The van der Waals surface area contributed by atoms with Gasteiger partial charge >= 0.3 is 19.8 Å². The zero-order valence-electron chi connectivity index (χ0n) is 39.1. The predicted molar refractivity (Wildman–Crippen MR) is 256 cm³/mol. The Balaban J connectivity index is 4.32. The number of esters is 2. The molecule has 0 aliphatic carbocycles. The molecule has 0 heterocycles. The van der Waals surface area contributed by atoms with E-state index >= 15 is 0 Å². The van der Waals surface area contributed by atoms with Crippen molar-refractivity contribution < 1.29 is 37.6 Å². The zero-order valence-corrected chi connectivity index (χ0v) is 40.0. The summed E-state index contributed by atoms with van der Waals surface area (Å²) >= 11 is 0. The number of allylic oxidation sites excluding steroid dienone is 14. The van der Waals surface area contributed by atoms with Gasteiger partial charge in [0.2, 0.25) is 0 Å². The van der Waals surface area contributed by atoms with Crippen LogP contribution in [0.15, 0.2) is 85.1 Å². The van der Waals surface area contributed by atoms with Gasteiger partial charge in [0.05, 0.1) is 13.2 Å². The maximum absolute atomic E-state index is 12.7. The molecule has 0 spiro atoms. The molecular formula is C51H88NO8P. The second-order valence-corrected chi connectivity index (χ2v) is 17.4. The number of phosphoric ester groups is 1. The van der Waals surface area contributed by atoms with E-state index in [4.69, 9.17) is 18.5 Å². The van der Waals surface area contributed by atoms with Crippen molar-refractivity contribution in [2.75, 3.05) is 40.5 Å². The summed E-state index contributed by atoms with van der Waals surface area (Å²) in [6.45, 7) is 4.13. The van der Waals surface area contributed by atoms with Gasteiger partial charge < -0.3 is 19.3 Å². The molecule has 1 N–H and O–H groups in total. The lowest BCUT2D eigenvalue weighted by Crippen LogP contribution is -2.29. The molecule has 0 aromatic rings. The highest BCUT2D eigenvalue weighted by Gasteiger charge is 2.26. The van der Waals surface area contributed by atoms with Crippen LogP contribution < -0.4 is 0 Å². The SMILES string of the molecule is CC/C=C\C/C=C\C/C=C\C/C=C\C/C=C\CCCCCC(=O)OC(COC(=O)CCCCCCCCCCC/C=C\C/C=C\CCCCC)COP(=O)(O)OCCN(C)C. The Morgan fingerprint density at radius 2 is 0.934 bits per heavy atom. The molecule has 0 fully saturated rings.